The Bertz CT molecular complexity index is 1430. The van der Waals surface area contributed by atoms with Crippen molar-refractivity contribution in [1.82, 2.24) is 14.5 Å². The van der Waals surface area contributed by atoms with Gasteiger partial charge in [0.25, 0.3) is 5.56 Å². The summed E-state index contributed by atoms with van der Waals surface area (Å²) >= 11 is 1.42. The summed E-state index contributed by atoms with van der Waals surface area (Å²) in [5.74, 6) is 0.674. The van der Waals surface area contributed by atoms with Crippen molar-refractivity contribution >= 4 is 31.8 Å². The molecule has 29 heavy (non-hydrogen) atoms. The molecule has 0 spiro atoms. The largest absolute Gasteiger partial charge is 0.276 e. The van der Waals surface area contributed by atoms with E-state index in [-0.39, 0.29) is 5.56 Å². The van der Waals surface area contributed by atoms with E-state index >= 15 is 0 Å². The standard InChI is InChI=1S/C24H19N3OS/c1-14-9-11-18(12-10-14)27-16(3)26-21-20-13-19(17-7-5-4-6-8-17)15(2)25-23(20)29-22(21)24(27)28/h4-13H,1-3H3. The molecule has 0 amide bonds. The molecule has 5 aromatic rings. The lowest BCUT2D eigenvalue weighted by molar-refractivity contribution is 0.898. The van der Waals surface area contributed by atoms with Crippen LogP contribution in [-0.2, 0) is 0 Å². The Kier molecular flexibility index (Phi) is 4.07. The van der Waals surface area contributed by atoms with Gasteiger partial charge >= 0.3 is 0 Å². The Morgan fingerprint density at radius 3 is 2.34 bits per heavy atom. The molecule has 0 radical (unpaired) electrons. The van der Waals surface area contributed by atoms with Crippen LogP contribution in [-0.4, -0.2) is 14.5 Å². The number of pyridine rings is 1. The maximum Gasteiger partial charge on any atom is 0.276 e. The molecule has 142 valence electrons. The molecule has 0 aliphatic carbocycles. The lowest BCUT2D eigenvalue weighted by Gasteiger charge is -2.10. The van der Waals surface area contributed by atoms with Crippen LogP contribution in [0.15, 0.2) is 65.5 Å². The zero-order valence-electron chi connectivity index (χ0n) is 16.4. The van der Waals surface area contributed by atoms with Crippen molar-refractivity contribution in [3.05, 3.63) is 88.1 Å². The quantitative estimate of drug-likeness (QED) is 0.390. The zero-order chi connectivity index (χ0) is 20.1. The van der Waals surface area contributed by atoms with Crippen molar-refractivity contribution in [2.24, 2.45) is 0 Å². The minimum atomic E-state index is -0.0433. The number of hydrogen-bond donors (Lipinski definition) is 0. The predicted molar refractivity (Wildman–Crippen MR) is 120 cm³/mol. The molecule has 0 aliphatic rings. The van der Waals surface area contributed by atoms with Crippen LogP contribution in [0.3, 0.4) is 0 Å². The SMILES string of the molecule is Cc1ccc(-n2c(C)nc3c(sc4nc(C)c(-c5ccccc5)cc43)c2=O)cc1. The second kappa shape index (κ2) is 6.64. The van der Waals surface area contributed by atoms with Crippen LogP contribution in [0, 0.1) is 20.8 Å². The van der Waals surface area contributed by atoms with E-state index in [1.807, 2.05) is 63.2 Å². The van der Waals surface area contributed by atoms with E-state index in [0.717, 1.165) is 43.8 Å². The minimum Gasteiger partial charge on any atom is -0.267 e. The first-order valence-corrected chi connectivity index (χ1v) is 10.3. The van der Waals surface area contributed by atoms with Gasteiger partial charge in [0.2, 0.25) is 0 Å². The van der Waals surface area contributed by atoms with Gasteiger partial charge < -0.3 is 0 Å². The normalized spacial score (nSPS) is 11.4. The number of hydrogen-bond acceptors (Lipinski definition) is 4. The van der Waals surface area contributed by atoms with E-state index in [1.165, 1.54) is 11.3 Å². The van der Waals surface area contributed by atoms with Gasteiger partial charge in [-0.25, -0.2) is 9.97 Å². The molecule has 3 heterocycles. The fourth-order valence-corrected chi connectivity index (χ4v) is 4.79. The van der Waals surface area contributed by atoms with Gasteiger partial charge in [-0.3, -0.25) is 9.36 Å². The van der Waals surface area contributed by atoms with Crippen LogP contribution in [0.4, 0.5) is 0 Å². The van der Waals surface area contributed by atoms with Crippen molar-refractivity contribution in [3.63, 3.8) is 0 Å². The van der Waals surface area contributed by atoms with Crippen LogP contribution in [0.5, 0.6) is 0 Å². The third-order valence-corrected chi connectivity index (χ3v) is 6.30. The topological polar surface area (TPSA) is 47.8 Å². The van der Waals surface area contributed by atoms with Gasteiger partial charge in [0.05, 0.1) is 11.2 Å². The molecule has 0 unspecified atom stereocenters. The maximum atomic E-state index is 13.3. The van der Waals surface area contributed by atoms with E-state index in [4.69, 9.17) is 9.97 Å². The highest BCUT2D eigenvalue weighted by molar-refractivity contribution is 7.25. The molecule has 0 N–H and O–H groups in total. The van der Waals surface area contributed by atoms with Gasteiger partial charge in [-0.05, 0) is 44.5 Å². The summed E-state index contributed by atoms with van der Waals surface area (Å²) < 4.78 is 2.32. The molecule has 0 bridgehead atoms. The molecular weight excluding hydrogens is 378 g/mol. The average molecular weight is 398 g/mol. The number of aromatic nitrogens is 3. The van der Waals surface area contributed by atoms with Crippen LogP contribution >= 0.6 is 11.3 Å². The van der Waals surface area contributed by atoms with Gasteiger partial charge in [0, 0.05) is 16.6 Å². The van der Waals surface area contributed by atoms with Crippen LogP contribution in [0.1, 0.15) is 17.1 Å². The Balaban J connectivity index is 1.80. The second-order valence-electron chi connectivity index (χ2n) is 7.26. The average Bonchev–Trinajstić information content (AvgIpc) is 3.07. The molecule has 2 aromatic carbocycles. The first-order chi connectivity index (χ1) is 14.0. The minimum absolute atomic E-state index is 0.0433. The maximum absolute atomic E-state index is 13.3. The molecule has 4 nitrogen and oxygen atoms in total. The number of aryl methyl sites for hydroxylation is 3. The number of thiophene rings is 1. The molecule has 3 aromatic heterocycles. The monoisotopic (exact) mass is 397 g/mol. The fraction of sp³-hybridized carbons (Fsp3) is 0.125. The van der Waals surface area contributed by atoms with Gasteiger partial charge in [-0.15, -0.1) is 11.3 Å². The summed E-state index contributed by atoms with van der Waals surface area (Å²) in [6.07, 6.45) is 0. The van der Waals surface area contributed by atoms with Gasteiger partial charge in [-0.2, -0.15) is 0 Å². The summed E-state index contributed by atoms with van der Waals surface area (Å²) in [4.78, 5) is 23.8. The van der Waals surface area contributed by atoms with Gasteiger partial charge in [0.1, 0.15) is 15.4 Å². The Morgan fingerprint density at radius 1 is 0.897 bits per heavy atom. The van der Waals surface area contributed by atoms with Crippen LogP contribution < -0.4 is 5.56 Å². The Hall–Kier alpha value is -3.31. The van der Waals surface area contributed by atoms with E-state index in [0.29, 0.717) is 10.5 Å². The van der Waals surface area contributed by atoms with Gasteiger partial charge in [-0.1, -0.05) is 48.0 Å². The molecule has 5 rings (SSSR count). The molecule has 5 heteroatoms. The van der Waals surface area contributed by atoms with Crippen LogP contribution in [0.2, 0.25) is 0 Å². The Morgan fingerprint density at radius 2 is 1.62 bits per heavy atom. The third kappa shape index (κ3) is 2.86. The summed E-state index contributed by atoms with van der Waals surface area (Å²) in [5, 5.41) is 0.936. The first kappa shape index (κ1) is 17.8. The summed E-state index contributed by atoms with van der Waals surface area (Å²) in [7, 11) is 0. The molecule has 0 saturated carbocycles. The highest BCUT2D eigenvalue weighted by Crippen LogP contribution is 2.34. The van der Waals surface area contributed by atoms with Gasteiger partial charge in [0.15, 0.2) is 0 Å². The fourth-order valence-electron chi connectivity index (χ4n) is 3.72. The van der Waals surface area contributed by atoms with E-state index < -0.39 is 0 Å². The van der Waals surface area contributed by atoms with Crippen molar-refractivity contribution in [2.45, 2.75) is 20.8 Å². The number of benzene rings is 2. The lowest BCUT2D eigenvalue weighted by Crippen LogP contribution is -2.21. The summed E-state index contributed by atoms with van der Waals surface area (Å²) in [6, 6.07) is 20.3. The highest BCUT2D eigenvalue weighted by atomic mass is 32.1. The molecule has 0 aliphatic heterocycles. The number of rotatable bonds is 2. The van der Waals surface area contributed by atoms with E-state index in [1.54, 1.807) is 4.57 Å². The smallest absolute Gasteiger partial charge is 0.267 e. The van der Waals surface area contributed by atoms with Crippen molar-refractivity contribution in [2.75, 3.05) is 0 Å². The summed E-state index contributed by atoms with van der Waals surface area (Å²) in [5.41, 5.74) is 5.82. The second-order valence-corrected chi connectivity index (χ2v) is 8.25. The molecule has 0 fully saturated rings. The van der Waals surface area contributed by atoms with E-state index in [2.05, 4.69) is 18.2 Å². The Labute approximate surface area is 172 Å². The van der Waals surface area contributed by atoms with Crippen molar-refractivity contribution in [3.8, 4) is 16.8 Å². The summed E-state index contributed by atoms with van der Waals surface area (Å²) in [6.45, 7) is 5.92. The molecule has 0 saturated heterocycles. The number of nitrogens with zero attached hydrogens (tertiary/aromatic N) is 3. The first-order valence-electron chi connectivity index (χ1n) is 9.49. The highest BCUT2D eigenvalue weighted by Gasteiger charge is 2.17. The molecule has 0 atom stereocenters. The molecular formula is C24H19N3OS. The third-order valence-electron chi connectivity index (χ3n) is 5.22. The van der Waals surface area contributed by atoms with Crippen LogP contribution in [0.25, 0.3) is 37.2 Å². The lowest BCUT2D eigenvalue weighted by atomic mass is 10.0. The number of fused-ring (bicyclic) bond motifs is 3. The van der Waals surface area contributed by atoms with Crippen molar-refractivity contribution in [1.29, 1.82) is 0 Å². The predicted octanol–water partition coefficient (Wildman–Crippen LogP) is 5.59. The van der Waals surface area contributed by atoms with Crippen molar-refractivity contribution < 1.29 is 0 Å². The zero-order valence-corrected chi connectivity index (χ0v) is 17.2. The van der Waals surface area contributed by atoms with E-state index in [9.17, 15) is 4.79 Å².